The summed E-state index contributed by atoms with van der Waals surface area (Å²) in [6.07, 6.45) is 4.83. The second-order valence-electron chi connectivity index (χ2n) is 7.96. The number of carbonyl (C=O) groups excluding carboxylic acids is 1. The Morgan fingerprint density at radius 3 is 2.41 bits per heavy atom. The molecule has 166 valence electrons. The zero-order valence-corrected chi connectivity index (χ0v) is 18.0. The van der Waals surface area contributed by atoms with Crippen LogP contribution in [-0.2, 0) is 22.5 Å². The van der Waals surface area contributed by atoms with Crippen molar-refractivity contribution in [2.24, 2.45) is 0 Å². The number of nitrogens with one attached hydrogen (secondary N) is 1. The Hall–Kier alpha value is -3.61. The second-order valence-corrected chi connectivity index (χ2v) is 7.96. The molecule has 1 aliphatic carbocycles. The van der Waals surface area contributed by atoms with Gasteiger partial charge < -0.3 is 19.7 Å². The highest BCUT2D eigenvalue weighted by Gasteiger charge is 2.30. The standard InChI is InChI=1S/C25H27N3O4/c1-2-3-13-28-14-12-26-23(28)15-22(24(29)30)27-25(31)32-16-21-19-10-6-4-8-17(19)18-9-5-7-11-20(18)21/h4-12,14,21-22H,2-3,13,15-16H2,1H3,(H,27,31)(H,29,30). The molecule has 1 heterocycles. The molecular weight excluding hydrogens is 406 g/mol. The summed E-state index contributed by atoms with van der Waals surface area (Å²) in [4.78, 5) is 28.5. The molecule has 0 aliphatic heterocycles. The maximum Gasteiger partial charge on any atom is 0.407 e. The van der Waals surface area contributed by atoms with Crippen LogP contribution in [0.5, 0.6) is 0 Å². The summed E-state index contributed by atoms with van der Waals surface area (Å²) in [6.45, 7) is 3.00. The molecule has 0 spiro atoms. The predicted octanol–water partition coefficient (Wildman–Crippen LogP) is 4.22. The number of carbonyl (C=O) groups is 2. The van der Waals surface area contributed by atoms with Crippen molar-refractivity contribution in [2.45, 2.75) is 44.7 Å². The van der Waals surface area contributed by atoms with Gasteiger partial charge in [-0.15, -0.1) is 0 Å². The van der Waals surface area contributed by atoms with Crippen LogP contribution in [0, 0.1) is 0 Å². The number of carboxylic acid groups (broad SMARTS) is 1. The van der Waals surface area contributed by atoms with E-state index in [4.69, 9.17) is 4.74 Å². The third-order valence-electron chi connectivity index (χ3n) is 5.87. The van der Waals surface area contributed by atoms with Gasteiger partial charge in [-0.05, 0) is 28.7 Å². The molecular formula is C25H27N3O4. The van der Waals surface area contributed by atoms with Crippen molar-refractivity contribution in [3.8, 4) is 11.1 Å². The minimum absolute atomic E-state index is 0.0793. The fourth-order valence-corrected chi connectivity index (χ4v) is 4.23. The summed E-state index contributed by atoms with van der Waals surface area (Å²) in [5, 5.41) is 12.1. The van der Waals surface area contributed by atoms with Gasteiger partial charge in [-0.1, -0.05) is 61.9 Å². The third-order valence-corrected chi connectivity index (χ3v) is 5.87. The van der Waals surface area contributed by atoms with E-state index in [-0.39, 0.29) is 18.9 Å². The number of benzene rings is 2. The minimum atomic E-state index is -1.12. The molecule has 1 aromatic heterocycles. The Bertz CT molecular complexity index is 1060. The second kappa shape index (κ2) is 9.68. The first-order valence-electron chi connectivity index (χ1n) is 10.9. The van der Waals surface area contributed by atoms with E-state index >= 15 is 0 Å². The third kappa shape index (κ3) is 4.51. The Balaban J connectivity index is 1.41. The number of ether oxygens (including phenoxy) is 1. The molecule has 0 radical (unpaired) electrons. The van der Waals surface area contributed by atoms with Crippen molar-refractivity contribution in [1.82, 2.24) is 14.9 Å². The zero-order valence-electron chi connectivity index (χ0n) is 18.0. The zero-order chi connectivity index (χ0) is 22.5. The average molecular weight is 434 g/mol. The SMILES string of the molecule is CCCCn1ccnc1CC(NC(=O)OCC1c2ccccc2-c2ccccc21)C(=O)O. The van der Waals surface area contributed by atoms with Crippen molar-refractivity contribution in [3.05, 3.63) is 77.9 Å². The fraction of sp³-hybridized carbons (Fsp3) is 0.320. The minimum Gasteiger partial charge on any atom is -0.480 e. The van der Waals surface area contributed by atoms with Crippen LogP contribution in [0.25, 0.3) is 11.1 Å². The molecule has 3 aromatic rings. The lowest BCUT2D eigenvalue weighted by Gasteiger charge is -2.18. The predicted molar refractivity (Wildman–Crippen MR) is 120 cm³/mol. The Labute approximate surface area is 187 Å². The molecule has 4 rings (SSSR count). The molecule has 1 atom stereocenters. The van der Waals surface area contributed by atoms with Crippen molar-refractivity contribution in [2.75, 3.05) is 6.61 Å². The maximum absolute atomic E-state index is 12.5. The molecule has 1 unspecified atom stereocenters. The summed E-state index contributed by atoms with van der Waals surface area (Å²) in [5.74, 6) is -0.572. The number of carboxylic acids is 1. The highest BCUT2D eigenvalue weighted by atomic mass is 16.5. The van der Waals surface area contributed by atoms with Gasteiger partial charge in [0.2, 0.25) is 0 Å². The van der Waals surface area contributed by atoms with Crippen molar-refractivity contribution in [3.63, 3.8) is 0 Å². The number of aryl methyl sites for hydroxylation is 1. The number of aliphatic carboxylic acids is 1. The van der Waals surface area contributed by atoms with E-state index in [1.54, 1.807) is 6.20 Å². The first kappa shape index (κ1) is 21.6. The fourth-order valence-electron chi connectivity index (χ4n) is 4.23. The van der Waals surface area contributed by atoms with E-state index in [1.165, 1.54) is 0 Å². The van der Waals surface area contributed by atoms with Crippen LogP contribution in [0.1, 0.15) is 42.6 Å². The lowest BCUT2D eigenvalue weighted by atomic mass is 9.98. The largest absolute Gasteiger partial charge is 0.480 e. The molecule has 1 aliphatic rings. The quantitative estimate of drug-likeness (QED) is 0.527. The number of rotatable bonds is 9. The number of aromatic nitrogens is 2. The van der Waals surface area contributed by atoms with E-state index in [0.717, 1.165) is 41.6 Å². The number of alkyl carbamates (subject to hydrolysis) is 1. The number of unbranched alkanes of at least 4 members (excludes halogenated alkanes) is 1. The summed E-state index contributed by atoms with van der Waals surface area (Å²) >= 11 is 0. The van der Waals surface area contributed by atoms with Gasteiger partial charge in [0.15, 0.2) is 0 Å². The summed E-state index contributed by atoms with van der Waals surface area (Å²) in [7, 11) is 0. The summed E-state index contributed by atoms with van der Waals surface area (Å²) in [5.41, 5.74) is 4.49. The van der Waals surface area contributed by atoms with E-state index in [1.807, 2.05) is 47.2 Å². The van der Waals surface area contributed by atoms with Crippen LogP contribution in [0.4, 0.5) is 4.79 Å². The van der Waals surface area contributed by atoms with Gasteiger partial charge in [0.05, 0.1) is 0 Å². The lowest BCUT2D eigenvalue weighted by Crippen LogP contribution is -2.43. The number of fused-ring (bicyclic) bond motifs is 3. The van der Waals surface area contributed by atoms with Crippen molar-refractivity contribution in [1.29, 1.82) is 0 Å². The van der Waals surface area contributed by atoms with Gasteiger partial charge in [-0.2, -0.15) is 0 Å². The van der Waals surface area contributed by atoms with Gasteiger partial charge in [0.1, 0.15) is 18.5 Å². The number of hydrogen-bond donors (Lipinski definition) is 2. The normalized spacial score (nSPS) is 13.3. The van der Waals surface area contributed by atoms with Crippen LogP contribution in [0.15, 0.2) is 60.9 Å². The Morgan fingerprint density at radius 2 is 1.78 bits per heavy atom. The molecule has 2 aromatic carbocycles. The molecule has 32 heavy (non-hydrogen) atoms. The van der Waals surface area contributed by atoms with Crippen molar-refractivity contribution >= 4 is 12.1 Å². The van der Waals surface area contributed by atoms with Crippen LogP contribution >= 0.6 is 0 Å². The first-order valence-corrected chi connectivity index (χ1v) is 10.9. The molecule has 0 fully saturated rings. The van der Waals surface area contributed by atoms with Gasteiger partial charge >= 0.3 is 12.1 Å². The molecule has 1 amide bonds. The smallest absolute Gasteiger partial charge is 0.407 e. The molecule has 7 nitrogen and oxygen atoms in total. The van der Waals surface area contributed by atoms with Gasteiger partial charge in [0, 0.05) is 31.3 Å². The molecule has 0 saturated heterocycles. The number of nitrogens with zero attached hydrogens (tertiary/aromatic N) is 2. The summed E-state index contributed by atoms with van der Waals surface area (Å²) < 4.78 is 7.42. The van der Waals surface area contributed by atoms with Gasteiger partial charge in [0.25, 0.3) is 0 Å². The summed E-state index contributed by atoms with van der Waals surface area (Å²) in [6, 6.07) is 15.0. The number of hydrogen-bond acceptors (Lipinski definition) is 4. The van der Waals surface area contributed by atoms with E-state index < -0.39 is 18.1 Å². The van der Waals surface area contributed by atoms with Crippen LogP contribution in [0.2, 0.25) is 0 Å². The van der Waals surface area contributed by atoms with Gasteiger partial charge in [-0.25, -0.2) is 14.6 Å². The monoisotopic (exact) mass is 433 g/mol. The maximum atomic E-state index is 12.5. The van der Waals surface area contributed by atoms with Crippen molar-refractivity contribution < 1.29 is 19.4 Å². The van der Waals surface area contributed by atoms with Crippen LogP contribution < -0.4 is 5.32 Å². The highest BCUT2D eigenvalue weighted by Crippen LogP contribution is 2.44. The molecule has 7 heteroatoms. The average Bonchev–Trinajstić information content (AvgIpc) is 3.37. The lowest BCUT2D eigenvalue weighted by molar-refractivity contribution is -0.139. The Morgan fingerprint density at radius 1 is 1.12 bits per heavy atom. The first-order chi connectivity index (χ1) is 15.6. The molecule has 0 bridgehead atoms. The number of amides is 1. The van der Waals surface area contributed by atoms with E-state index in [0.29, 0.717) is 5.82 Å². The van der Waals surface area contributed by atoms with E-state index in [2.05, 4.69) is 29.4 Å². The van der Waals surface area contributed by atoms with Crippen LogP contribution in [-0.4, -0.2) is 39.4 Å². The molecule has 2 N–H and O–H groups in total. The number of imidazole rings is 1. The van der Waals surface area contributed by atoms with Gasteiger partial charge in [-0.3, -0.25) is 0 Å². The highest BCUT2D eigenvalue weighted by molar-refractivity contribution is 5.81. The molecule has 0 saturated carbocycles. The topological polar surface area (TPSA) is 93.5 Å². The van der Waals surface area contributed by atoms with E-state index in [9.17, 15) is 14.7 Å². The Kier molecular flexibility index (Phi) is 6.54. The van der Waals surface area contributed by atoms with Crippen LogP contribution in [0.3, 0.4) is 0 Å².